The Labute approximate surface area is 105 Å². The van der Waals surface area contributed by atoms with Crippen molar-refractivity contribution in [3.8, 4) is 0 Å². The largest absolute Gasteiger partial charge is 0.317 e. The van der Waals surface area contributed by atoms with Crippen LogP contribution in [0, 0.1) is 6.92 Å². The minimum atomic E-state index is -0.491. The molecule has 1 aromatic carbocycles. The van der Waals surface area contributed by atoms with Gasteiger partial charge in [0.15, 0.2) is 5.78 Å². The van der Waals surface area contributed by atoms with E-state index in [1.54, 1.807) is 0 Å². The zero-order valence-corrected chi connectivity index (χ0v) is 10.5. The van der Waals surface area contributed by atoms with Crippen molar-refractivity contribution in [1.29, 1.82) is 0 Å². The van der Waals surface area contributed by atoms with Crippen LogP contribution in [0.1, 0.15) is 22.0 Å². The van der Waals surface area contributed by atoms with Gasteiger partial charge in [-0.25, -0.2) is 0 Å². The molecule has 0 bridgehead atoms. The number of rotatable bonds is 4. The third kappa shape index (κ3) is 2.81. The van der Waals surface area contributed by atoms with Crippen molar-refractivity contribution in [2.45, 2.75) is 19.4 Å². The summed E-state index contributed by atoms with van der Waals surface area (Å²) in [7, 11) is 0. The second-order valence-electron chi connectivity index (χ2n) is 4.06. The fourth-order valence-electron chi connectivity index (χ4n) is 1.73. The lowest BCUT2D eigenvalue weighted by atomic mass is 10.00. The van der Waals surface area contributed by atoms with Crippen LogP contribution in [0.15, 0.2) is 41.8 Å². The van der Waals surface area contributed by atoms with E-state index >= 15 is 0 Å². The van der Waals surface area contributed by atoms with Gasteiger partial charge >= 0.3 is 0 Å². The molecule has 0 aliphatic rings. The topological polar surface area (TPSA) is 43.1 Å². The molecular weight excluding hydrogens is 230 g/mol. The Kier molecular flexibility index (Phi) is 3.71. The molecule has 0 spiro atoms. The van der Waals surface area contributed by atoms with Gasteiger partial charge in [-0.2, -0.15) is 0 Å². The minimum absolute atomic E-state index is 0.0711. The number of carbonyl (C=O) groups excluding carboxylic acids is 1. The van der Waals surface area contributed by atoms with Crippen LogP contribution in [0.5, 0.6) is 0 Å². The molecule has 2 N–H and O–H groups in total. The highest BCUT2D eigenvalue weighted by Crippen LogP contribution is 2.19. The normalized spacial score (nSPS) is 12.4. The number of carbonyl (C=O) groups is 1. The predicted molar refractivity (Wildman–Crippen MR) is 71.1 cm³/mol. The number of thiophene rings is 1. The maximum Gasteiger partial charge on any atom is 0.159 e. The van der Waals surface area contributed by atoms with E-state index in [0.717, 1.165) is 16.0 Å². The molecule has 2 rings (SSSR count). The molecule has 1 unspecified atom stereocenters. The van der Waals surface area contributed by atoms with Crippen LogP contribution in [0.3, 0.4) is 0 Å². The molecule has 1 heterocycles. The average Bonchev–Trinajstić information content (AvgIpc) is 2.84. The van der Waals surface area contributed by atoms with Gasteiger partial charge in [0, 0.05) is 11.3 Å². The van der Waals surface area contributed by atoms with Crippen LogP contribution in [0.2, 0.25) is 0 Å². The summed E-state index contributed by atoms with van der Waals surface area (Å²) in [5, 5.41) is 1.94. The van der Waals surface area contributed by atoms with Crippen molar-refractivity contribution in [2.24, 2.45) is 5.73 Å². The third-order valence-corrected chi connectivity index (χ3v) is 3.78. The fraction of sp³-hybridized carbons (Fsp3) is 0.214. The van der Waals surface area contributed by atoms with Crippen molar-refractivity contribution in [3.63, 3.8) is 0 Å². The van der Waals surface area contributed by atoms with Gasteiger partial charge in [0.1, 0.15) is 0 Å². The number of hydrogen-bond acceptors (Lipinski definition) is 3. The minimum Gasteiger partial charge on any atom is -0.317 e. The smallest absolute Gasteiger partial charge is 0.159 e. The maximum atomic E-state index is 12.0. The lowest BCUT2D eigenvalue weighted by Gasteiger charge is -2.10. The molecule has 0 amide bonds. The summed E-state index contributed by atoms with van der Waals surface area (Å²) in [6.07, 6.45) is 0.408. The molecule has 3 heteroatoms. The quantitative estimate of drug-likeness (QED) is 0.900. The SMILES string of the molecule is Cc1ccccc1CC(=O)C(N)c1cccs1. The summed E-state index contributed by atoms with van der Waals surface area (Å²) < 4.78 is 0. The highest BCUT2D eigenvalue weighted by atomic mass is 32.1. The number of nitrogens with two attached hydrogens (primary N) is 1. The molecule has 0 aliphatic heterocycles. The van der Waals surface area contributed by atoms with Gasteiger partial charge in [0.05, 0.1) is 6.04 Å². The Balaban J connectivity index is 2.10. The number of benzene rings is 1. The monoisotopic (exact) mass is 245 g/mol. The number of Topliss-reactive ketones (excluding diaryl/α,β-unsaturated/α-hetero) is 1. The fourth-order valence-corrected chi connectivity index (χ4v) is 2.48. The lowest BCUT2D eigenvalue weighted by molar-refractivity contribution is -0.119. The van der Waals surface area contributed by atoms with Gasteiger partial charge in [-0.1, -0.05) is 30.3 Å². The third-order valence-electron chi connectivity index (χ3n) is 2.82. The summed E-state index contributed by atoms with van der Waals surface area (Å²) in [4.78, 5) is 13.0. The molecule has 0 saturated carbocycles. The van der Waals surface area contributed by atoms with Gasteiger partial charge in [0.2, 0.25) is 0 Å². The van der Waals surface area contributed by atoms with Crippen molar-refractivity contribution in [3.05, 3.63) is 57.8 Å². The van der Waals surface area contributed by atoms with E-state index < -0.39 is 6.04 Å². The van der Waals surface area contributed by atoms with Crippen LogP contribution in [0.25, 0.3) is 0 Å². The van der Waals surface area contributed by atoms with Crippen molar-refractivity contribution >= 4 is 17.1 Å². The van der Waals surface area contributed by atoms with Crippen LogP contribution in [-0.4, -0.2) is 5.78 Å². The second-order valence-corrected chi connectivity index (χ2v) is 5.04. The Hall–Kier alpha value is -1.45. The Morgan fingerprint density at radius 3 is 2.71 bits per heavy atom. The number of hydrogen-bond donors (Lipinski definition) is 1. The van der Waals surface area contributed by atoms with Gasteiger partial charge in [-0.15, -0.1) is 11.3 Å². The van der Waals surface area contributed by atoms with Gasteiger partial charge in [0.25, 0.3) is 0 Å². The molecule has 17 heavy (non-hydrogen) atoms. The maximum absolute atomic E-state index is 12.0. The summed E-state index contributed by atoms with van der Waals surface area (Å²) in [5.74, 6) is 0.0711. The summed E-state index contributed by atoms with van der Waals surface area (Å²) in [6.45, 7) is 2.01. The van der Waals surface area contributed by atoms with E-state index in [9.17, 15) is 4.79 Å². The summed E-state index contributed by atoms with van der Waals surface area (Å²) in [5.41, 5.74) is 8.14. The molecule has 1 atom stereocenters. The van der Waals surface area contributed by atoms with E-state index in [0.29, 0.717) is 6.42 Å². The van der Waals surface area contributed by atoms with E-state index in [1.807, 2.05) is 48.7 Å². The Morgan fingerprint density at radius 1 is 1.29 bits per heavy atom. The molecule has 0 radical (unpaired) electrons. The van der Waals surface area contributed by atoms with Crippen molar-refractivity contribution < 1.29 is 4.79 Å². The molecule has 88 valence electrons. The average molecular weight is 245 g/mol. The summed E-state index contributed by atoms with van der Waals surface area (Å²) in [6, 6.07) is 11.3. The van der Waals surface area contributed by atoms with E-state index in [4.69, 9.17) is 5.73 Å². The van der Waals surface area contributed by atoms with Gasteiger partial charge in [-0.05, 0) is 29.5 Å². The first kappa shape index (κ1) is 12.0. The number of ketones is 1. The van der Waals surface area contributed by atoms with Crippen molar-refractivity contribution in [2.75, 3.05) is 0 Å². The van der Waals surface area contributed by atoms with Crippen LogP contribution in [0.4, 0.5) is 0 Å². The highest BCUT2D eigenvalue weighted by molar-refractivity contribution is 7.10. The van der Waals surface area contributed by atoms with Crippen molar-refractivity contribution in [1.82, 2.24) is 0 Å². The highest BCUT2D eigenvalue weighted by Gasteiger charge is 2.17. The van der Waals surface area contributed by atoms with E-state index in [2.05, 4.69) is 0 Å². The molecule has 0 fully saturated rings. The lowest BCUT2D eigenvalue weighted by Crippen LogP contribution is -2.22. The first-order valence-electron chi connectivity index (χ1n) is 5.54. The van der Waals surface area contributed by atoms with Gasteiger partial charge in [-0.3, -0.25) is 4.79 Å². The standard InChI is InChI=1S/C14H15NOS/c1-10-5-2-3-6-11(10)9-12(16)14(15)13-7-4-8-17-13/h2-8,14H,9,15H2,1H3. The van der Waals surface area contributed by atoms with Crippen LogP contribution in [-0.2, 0) is 11.2 Å². The van der Waals surface area contributed by atoms with E-state index in [-0.39, 0.29) is 5.78 Å². The summed E-state index contributed by atoms with van der Waals surface area (Å²) >= 11 is 1.53. The van der Waals surface area contributed by atoms with Crippen LogP contribution >= 0.6 is 11.3 Å². The predicted octanol–water partition coefficient (Wildman–Crippen LogP) is 2.87. The Bertz CT molecular complexity index is 505. The molecule has 0 saturated heterocycles. The molecular formula is C14H15NOS. The molecule has 2 aromatic rings. The molecule has 0 aliphatic carbocycles. The molecule has 1 aromatic heterocycles. The second kappa shape index (κ2) is 5.25. The first-order chi connectivity index (χ1) is 8.18. The Morgan fingerprint density at radius 2 is 2.06 bits per heavy atom. The first-order valence-corrected chi connectivity index (χ1v) is 6.42. The van der Waals surface area contributed by atoms with E-state index in [1.165, 1.54) is 11.3 Å². The van der Waals surface area contributed by atoms with Gasteiger partial charge < -0.3 is 5.73 Å². The molecule has 2 nitrogen and oxygen atoms in total. The zero-order valence-electron chi connectivity index (χ0n) is 9.72. The zero-order chi connectivity index (χ0) is 12.3. The van der Waals surface area contributed by atoms with Crippen LogP contribution < -0.4 is 5.73 Å². The number of aryl methyl sites for hydroxylation is 1.